The number of nitro groups is 1. The van der Waals surface area contributed by atoms with Crippen molar-refractivity contribution in [2.24, 2.45) is 5.92 Å². The summed E-state index contributed by atoms with van der Waals surface area (Å²) in [5, 5.41) is 21.8. The van der Waals surface area contributed by atoms with Gasteiger partial charge < -0.3 is 23.8 Å². The number of fused-ring (bicyclic) bond motifs is 2. The van der Waals surface area contributed by atoms with E-state index in [1.54, 1.807) is 42.2 Å². The molecule has 0 aliphatic carbocycles. The molecular weight excluding hydrogens is 635 g/mol. The van der Waals surface area contributed by atoms with Gasteiger partial charge in [0.25, 0.3) is 11.6 Å². The predicted molar refractivity (Wildman–Crippen MR) is 180 cm³/mol. The van der Waals surface area contributed by atoms with Gasteiger partial charge in [0, 0.05) is 47.1 Å². The number of hydrogen-bond donors (Lipinski definition) is 1. The third-order valence-electron chi connectivity index (χ3n) is 10.1. The molecular formula is C35H39FN4O7Si. The maximum absolute atomic E-state index is 16.3. The van der Waals surface area contributed by atoms with Crippen LogP contribution in [0.1, 0.15) is 37.3 Å². The Morgan fingerprint density at radius 3 is 2.54 bits per heavy atom. The molecule has 5 atom stereocenters. The first kappa shape index (κ1) is 33.4. The second kappa shape index (κ2) is 12.9. The van der Waals surface area contributed by atoms with Crippen LogP contribution in [-0.2, 0) is 31.3 Å². The topological polar surface area (TPSA) is 134 Å². The highest BCUT2D eigenvalue weighted by Crippen LogP contribution is 2.60. The van der Waals surface area contributed by atoms with E-state index in [0.717, 1.165) is 6.42 Å². The van der Waals surface area contributed by atoms with Crippen LogP contribution < -0.4 is 9.80 Å². The fourth-order valence-electron chi connectivity index (χ4n) is 8.00. The zero-order chi connectivity index (χ0) is 34.4. The number of para-hydroxylation sites is 1. The summed E-state index contributed by atoms with van der Waals surface area (Å²) in [6.45, 7) is 5.15. The third-order valence-corrected chi connectivity index (χ3v) is 12.6. The Morgan fingerprint density at radius 2 is 1.88 bits per heavy atom. The molecule has 3 aromatic rings. The first-order valence-electron chi connectivity index (χ1n) is 16.2. The number of nitro benzene ring substituents is 1. The van der Waals surface area contributed by atoms with Gasteiger partial charge in [-0.15, -0.1) is 0 Å². The fraction of sp³-hybridized carbons (Fsp3) is 0.400. The largest absolute Gasteiger partial charge is 0.394 e. The molecule has 13 heteroatoms. The molecule has 3 heterocycles. The van der Waals surface area contributed by atoms with Gasteiger partial charge in [0.1, 0.15) is 0 Å². The number of halogens is 1. The average Bonchev–Trinajstić information content (AvgIpc) is 3.72. The molecule has 2 saturated heterocycles. The SMILES string of the molecule is C[C@H]1[C@H]([Si](C)(C)F)[C@@H](CC(=O)N2CCC[C@H]2CO)O[C@]12C(=O)N(Cc1cccc(N(C=O)c3ccccc3)c1)c1ccc([N+](=O)[O-])cc12. The van der Waals surface area contributed by atoms with Crippen molar-refractivity contribution >= 4 is 49.4 Å². The summed E-state index contributed by atoms with van der Waals surface area (Å²) in [5.41, 5.74) is -0.164. The minimum Gasteiger partial charge on any atom is -0.394 e. The molecule has 48 heavy (non-hydrogen) atoms. The first-order chi connectivity index (χ1) is 22.9. The molecule has 252 valence electrons. The van der Waals surface area contributed by atoms with Gasteiger partial charge in [-0.25, -0.2) is 0 Å². The van der Waals surface area contributed by atoms with Gasteiger partial charge >= 0.3 is 0 Å². The Kier molecular flexibility index (Phi) is 8.96. The second-order valence-electron chi connectivity index (χ2n) is 13.4. The van der Waals surface area contributed by atoms with E-state index in [2.05, 4.69) is 0 Å². The number of anilines is 3. The van der Waals surface area contributed by atoms with Crippen LogP contribution in [0.4, 0.5) is 26.9 Å². The number of aliphatic hydroxyl groups excluding tert-OH is 1. The highest BCUT2D eigenvalue weighted by molar-refractivity contribution is 6.72. The zero-order valence-corrected chi connectivity index (χ0v) is 28.1. The summed E-state index contributed by atoms with van der Waals surface area (Å²) >= 11 is 0. The summed E-state index contributed by atoms with van der Waals surface area (Å²) in [7, 11) is -3.60. The first-order valence-corrected chi connectivity index (χ1v) is 19.1. The number of likely N-dealkylation sites (tertiary alicyclic amines) is 1. The van der Waals surface area contributed by atoms with E-state index in [1.807, 2.05) is 24.3 Å². The van der Waals surface area contributed by atoms with Crippen LogP contribution in [0, 0.1) is 16.0 Å². The molecule has 3 aliphatic rings. The van der Waals surface area contributed by atoms with Gasteiger partial charge in [-0.1, -0.05) is 37.3 Å². The number of non-ortho nitro benzene ring substituents is 1. The number of nitrogens with zero attached hydrogens (tertiary/aromatic N) is 4. The van der Waals surface area contributed by atoms with Crippen molar-refractivity contribution < 1.29 is 33.3 Å². The average molecular weight is 675 g/mol. The number of aliphatic hydroxyl groups is 1. The third kappa shape index (κ3) is 5.69. The molecule has 2 fully saturated rings. The van der Waals surface area contributed by atoms with Crippen LogP contribution in [0.15, 0.2) is 72.8 Å². The summed E-state index contributed by atoms with van der Waals surface area (Å²) in [4.78, 5) is 56.4. The lowest BCUT2D eigenvalue weighted by molar-refractivity contribution is -0.385. The maximum Gasteiger partial charge on any atom is 0.269 e. The molecule has 1 spiro atoms. The lowest BCUT2D eigenvalue weighted by atomic mass is 9.82. The Labute approximate surface area is 279 Å². The fourth-order valence-corrected chi connectivity index (χ4v) is 10.5. The van der Waals surface area contributed by atoms with Gasteiger partial charge in [-0.05, 0) is 61.8 Å². The number of carbonyl (C=O) groups is 3. The van der Waals surface area contributed by atoms with Crippen molar-refractivity contribution in [2.45, 2.75) is 69.1 Å². The molecule has 3 aliphatic heterocycles. The second-order valence-corrected chi connectivity index (χ2v) is 17.2. The van der Waals surface area contributed by atoms with Crippen molar-refractivity contribution in [1.29, 1.82) is 0 Å². The van der Waals surface area contributed by atoms with Crippen LogP contribution in [0.3, 0.4) is 0 Å². The van der Waals surface area contributed by atoms with Gasteiger partial charge in [-0.3, -0.25) is 29.4 Å². The number of amides is 3. The van der Waals surface area contributed by atoms with Crippen LogP contribution in [-0.4, -0.2) is 66.9 Å². The number of benzene rings is 3. The molecule has 6 rings (SSSR count). The van der Waals surface area contributed by atoms with Crippen molar-refractivity contribution in [1.82, 2.24) is 4.90 Å². The van der Waals surface area contributed by atoms with E-state index in [9.17, 15) is 29.6 Å². The van der Waals surface area contributed by atoms with Crippen LogP contribution >= 0.6 is 0 Å². The lowest BCUT2D eigenvalue weighted by Crippen LogP contribution is -2.45. The summed E-state index contributed by atoms with van der Waals surface area (Å²) < 4.78 is 22.9. The predicted octanol–water partition coefficient (Wildman–Crippen LogP) is 5.58. The molecule has 0 radical (unpaired) electrons. The smallest absolute Gasteiger partial charge is 0.269 e. The molecule has 11 nitrogen and oxygen atoms in total. The normalized spacial score (nSPS) is 25.1. The Morgan fingerprint density at radius 1 is 1.15 bits per heavy atom. The molecule has 3 amide bonds. The molecule has 0 unspecified atom stereocenters. The lowest BCUT2D eigenvalue weighted by Gasteiger charge is -2.31. The number of rotatable bonds is 10. The Hall–Kier alpha value is -4.46. The van der Waals surface area contributed by atoms with Crippen molar-refractivity contribution in [3.8, 4) is 0 Å². The highest BCUT2D eigenvalue weighted by atomic mass is 28.4. The number of hydrogen-bond acceptors (Lipinski definition) is 7. The zero-order valence-electron chi connectivity index (χ0n) is 27.1. The van der Waals surface area contributed by atoms with Crippen molar-refractivity contribution in [3.63, 3.8) is 0 Å². The summed E-state index contributed by atoms with van der Waals surface area (Å²) in [5.74, 6) is -1.51. The Bertz CT molecular complexity index is 1740. The van der Waals surface area contributed by atoms with E-state index in [-0.39, 0.29) is 42.8 Å². The Balaban J connectivity index is 1.39. The monoisotopic (exact) mass is 674 g/mol. The molecule has 0 bridgehead atoms. The summed E-state index contributed by atoms with van der Waals surface area (Å²) in [6, 6.07) is 20.1. The molecule has 0 aromatic heterocycles. The quantitative estimate of drug-likeness (QED) is 0.0976. The highest BCUT2D eigenvalue weighted by Gasteiger charge is 2.67. The van der Waals surface area contributed by atoms with Crippen LogP contribution in [0.25, 0.3) is 0 Å². The standard InChI is InChI=1S/C35H39FN4O7Si/c1-23-33(48(2,3)36)31(19-32(43)37-16-8-13-28(37)21-41)47-35(23)29-18-27(40(45)46)14-15-30(29)38(34(35)44)20-24-9-7-12-26(17-24)39(22-42)25-10-5-4-6-11-25/h4-7,9-12,14-15,17-18,22-23,28,31,33,41H,8,13,16,19-21H2,1-3H3/t23-,28-,31+,33-,35+/m0/s1. The van der Waals surface area contributed by atoms with Crippen molar-refractivity contribution in [2.75, 3.05) is 23.0 Å². The maximum atomic E-state index is 16.3. The van der Waals surface area contributed by atoms with E-state index in [0.29, 0.717) is 42.0 Å². The number of ether oxygens (including phenoxy) is 1. The van der Waals surface area contributed by atoms with Gasteiger partial charge in [-0.2, -0.15) is 0 Å². The minimum atomic E-state index is -3.60. The van der Waals surface area contributed by atoms with Crippen LogP contribution in [0.2, 0.25) is 18.6 Å². The molecule has 1 N–H and O–H groups in total. The number of carbonyl (C=O) groups excluding carboxylic acids is 3. The van der Waals surface area contributed by atoms with Crippen molar-refractivity contribution in [3.05, 3.63) is 94.0 Å². The van der Waals surface area contributed by atoms with Gasteiger partial charge in [0.05, 0.1) is 42.3 Å². The minimum absolute atomic E-state index is 0.0491. The van der Waals surface area contributed by atoms with E-state index >= 15 is 4.11 Å². The van der Waals surface area contributed by atoms with Crippen LogP contribution in [0.5, 0.6) is 0 Å². The molecule has 3 aromatic carbocycles. The van der Waals surface area contributed by atoms with Gasteiger partial charge in [0.2, 0.25) is 20.7 Å². The summed E-state index contributed by atoms with van der Waals surface area (Å²) in [6.07, 6.45) is 1.00. The van der Waals surface area contributed by atoms with E-state index in [1.165, 1.54) is 41.1 Å². The van der Waals surface area contributed by atoms with Gasteiger partial charge in [0.15, 0.2) is 5.60 Å². The van der Waals surface area contributed by atoms with E-state index < -0.39 is 42.4 Å². The molecule has 0 saturated carbocycles. The van der Waals surface area contributed by atoms with E-state index in [4.69, 9.17) is 4.74 Å².